The summed E-state index contributed by atoms with van der Waals surface area (Å²) in [5.41, 5.74) is 0.632. The molecule has 0 aliphatic carbocycles. The van der Waals surface area contributed by atoms with E-state index in [1.807, 2.05) is 17.0 Å². The summed E-state index contributed by atoms with van der Waals surface area (Å²) in [5.74, 6) is 1.43. The molecular weight excluding hydrogens is 326 g/mol. The molecule has 0 saturated carbocycles. The van der Waals surface area contributed by atoms with Crippen LogP contribution in [0.2, 0.25) is 0 Å². The smallest absolute Gasteiger partial charge is 0.252 e. The quantitative estimate of drug-likeness (QED) is 0.832. The zero-order valence-corrected chi connectivity index (χ0v) is 14.4. The van der Waals surface area contributed by atoms with Crippen molar-refractivity contribution in [1.29, 1.82) is 0 Å². The van der Waals surface area contributed by atoms with E-state index in [0.29, 0.717) is 12.1 Å². The van der Waals surface area contributed by atoms with Gasteiger partial charge in [0, 0.05) is 36.9 Å². The minimum absolute atomic E-state index is 0.0832. The van der Waals surface area contributed by atoms with Crippen molar-refractivity contribution in [3.8, 4) is 0 Å². The fourth-order valence-corrected chi connectivity index (χ4v) is 3.37. The van der Waals surface area contributed by atoms with Crippen LogP contribution in [0, 0.1) is 0 Å². The largest absolute Gasteiger partial charge is 0.351 e. The topological polar surface area (TPSA) is 88.9 Å². The minimum Gasteiger partial charge on any atom is -0.351 e. The predicted octanol–water partition coefficient (Wildman–Crippen LogP) is 1.67. The number of amides is 2. The number of hydrogen-bond acceptors (Lipinski definition) is 5. The SMILES string of the molecule is CCc1nc2n(n1)CCC[C@@H]2NC(=O)CCNC(=O)c1ccsc1. The maximum atomic E-state index is 12.1. The van der Waals surface area contributed by atoms with E-state index in [9.17, 15) is 9.59 Å². The molecular formula is C16H21N5O2S. The van der Waals surface area contributed by atoms with E-state index in [2.05, 4.69) is 20.7 Å². The Hall–Kier alpha value is -2.22. The van der Waals surface area contributed by atoms with Gasteiger partial charge in [0.1, 0.15) is 5.82 Å². The van der Waals surface area contributed by atoms with Gasteiger partial charge >= 0.3 is 0 Å². The van der Waals surface area contributed by atoms with E-state index >= 15 is 0 Å². The molecule has 1 atom stereocenters. The molecule has 0 fully saturated rings. The van der Waals surface area contributed by atoms with Crippen LogP contribution in [0.4, 0.5) is 0 Å². The van der Waals surface area contributed by atoms with Crippen LogP contribution in [0.1, 0.15) is 54.2 Å². The highest BCUT2D eigenvalue weighted by atomic mass is 32.1. The Bertz CT molecular complexity index is 710. The van der Waals surface area contributed by atoms with Gasteiger partial charge in [-0.1, -0.05) is 6.92 Å². The van der Waals surface area contributed by atoms with Crippen LogP contribution in [0.15, 0.2) is 16.8 Å². The number of hydrogen-bond donors (Lipinski definition) is 2. The van der Waals surface area contributed by atoms with Crippen LogP contribution in [0.3, 0.4) is 0 Å². The van der Waals surface area contributed by atoms with E-state index in [1.165, 1.54) is 11.3 Å². The van der Waals surface area contributed by atoms with E-state index in [4.69, 9.17) is 0 Å². The van der Waals surface area contributed by atoms with E-state index in [1.54, 1.807) is 11.4 Å². The molecule has 2 aromatic rings. The number of rotatable bonds is 6. The van der Waals surface area contributed by atoms with Gasteiger partial charge in [-0.2, -0.15) is 16.4 Å². The summed E-state index contributed by atoms with van der Waals surface area (Å²) in [4.78, 5) is 28.5. The molecule has 0 bridgehead atoms. The summed E-state index contributed by atoms with van der Waals surface area (Å²) in [7, 11) is 0. The summed E-state index contributed by atoms with van der Waals surface area (Å²) in [6.45, 7) is 3.19. The Morgan fingerprint density at radius 3 is 3.08 bits per heavy atom. The van der Waals surface area contributed by atoms with Gasteiger partial charge in [0.15, 0.2) is 5.82 Å². The molecule has 1 aliphatic heterocycles. The lowest BCUT2D eigenvalue weighted by Gasteiger charge is -2.23. The van der Waals surface area contributed by atoms with Crippen LogP contribution < -0.4 is 10.6 Å². The molecule has 0 unspecified atom stereocenters. The fraction of sp³-hybridized carbons (Fsp3) is 0.500. The molecule has 2 N–H and O–H groups in total. The normalized spacial score (nSPS) is 16.5. The Balaban J connectivity index is 1.49. The van der Waals surface area contributed by atoms with Crippen LogP contribution >= 0.6 is 11.3 Å². The van der Waals surface area contributed by atoms with E-state index in [0.717, 1.165) is 37.5 Å². The monoisotopic (exact) mass is 347 g/mol. The molecule has 0 radical (unpaired) electrons. The maximum Gasteiger partial charge on any atom is 0.252 e. The number of aromatic nitrogens is 3. The molecule has 3 heterocycles. The van der Waals surface area contributed by atoms with Gasteiger partial charge in [-0.25, -0.2) is 9.67 Å². The van der Waals surface area contributed by atoms with Crippen LogP contribution in [-0.4, -0.2) is 33.1 Å². The fourth-order valence-electron chi connectivity index (χ4n) is 2.74. The Morgan fingerprint density at radius 2 is 2.33 bits per heavy atom. The molecule has 0 aromatic carbocycles. The molecule has 128 valence electrons. The number of nitrogens with zero attached hydrogens (tertiary/aromatic N) is 3. The number of fused-ring (bicyclic) bond motifs is 1. The van der Waals surface area contributed by atoms with Crippen molar-refractivity contribution in [2.24, 2.45) is 0 Å². The van der Waals surface area contributed by atoms with Crippen molar-refractivity contribution in [1.82, 2.24) is 25.4 Å². The lowest BCUT2D eigenvalue weighted by atomic mass is 10.1. The van der Waals surface area contributed by atoms with Crippen molar-refractivity contribution in [3.63, 3.8) is 0 Å². The highest BCUT2D eigenvalue weighted by Crippen LogP contribution is 2.23. The molecule has 0 spiro atoms. The Morgan fingerprint density at radius 1 is 1.46 bits per heavy atom. The Labute approximate surface area is 144 Å². The third kappa shape index (κ3) is 3.81. The van der Waals surface area contributed by atoms with Gasteiger partial charge in [-0.3, -0.25) is 9.59 Å². The third-order valence-electron chi connectivity index (χ3n) is 3.99. The van der Waals surface area contributed by atoms with Crippen molar-refractivity contribution in [3.05, 3.63) is 34.0 Å². The molecule has 1 aliphatic rings. The van der Waals surface area contributed by atoms with Crippen LogP contribution in [-0.2, 0) is 17.8 Å². The van der Waals surface area contributed by atoms with E-state index in [-0.39, 0.29) is 24.3 Å². The maximum absolute atomic E-state index is 12.1. The second-order valence-electron chi connectivity index (χ2n) is 5.74. The molecule has 2 amide bonds. The molecule has 8 heteroatoms. The second kappa shape index (κ2) is 7.57. The van der Waals surface area contributed by atoms with Gasteiger partial charge in [0.05, 0.1) is 6.04 Å². The van der Waals surface area contributed by atoms with Crippen molar-refractivity contribution >= 4 is 23.2 Å². The van der Waals surface area contributed by atoms with Gasteiger partial charge in [-0.15, -0.1) is 0 Å². The summed E-state index contributed by atoms with van der Waals surface area (Å²) in [6.07, 6.45) is 2.88. The summed E-state index contributed by atoms with van der Waals surface area (Å²) in [6, 6.07) is 1.67. The second-order valence-corrected chi connectivity index (χ2v) is 6.52. The number of nitrogens with one attached hydrogen (secondary N) is 2. The summed E-state index contributed by atoms with van der Waals surface area (Å²) >= 11 is 1.47. The first-order valence-electron chi connectivity index (χ1n) is 8.20. The summed E-state index contributed by atoms with van der Waals surface area (Å²) in [5, 5.41) is 13.8. The molecule has 24 heavy (non-hydrogen) atoms. The average molecular weight is 347 g/mol. The highest BCUT2D eigenvalue weighted by molar-refractivity contribution is 7.08. The first-order valence-corrected chi connectivity index (χ1v) is 9.15. The lowest BCUT2D eigenvalue weighted by Crippen LogP contribution is -2.35. The first-order chi connectivity index (χ1) is 11.7. The standard InChI is InChI=1S/C16H21N5O2S/c1-2-13-19-15-12(4-3-8-21(15)20-13)18-14(22)5-7-17-16(23)11-6-9-24-10-11/h6,9-10,12H,2-5,7-8H2,1H3,(H,17,23)(H,18,22)/t12-/m0/s1. The Kier molecular flexibility index (Phi) is 5.24. The number of thiophene rings is 1. The van der Waals surface area contributed by atoms with Gasteiger partial charge in [0.2, 0.25) is 5.91 Å². The summed E-state index contributed by atoms with van der Waals surface area (Å²) < 4.78 is 1.89. The zero-order valence-electron chi connectivity index (χ0n) is 13.6. The van der Waals surface area contributed by atoms with Crippen LogP contribution in [0.25, 0.3) is 0 Å². The van der Waals surface area contributed by atoms with Gasteiger partial charge in [0.25, 0.3) is 5.91 Å². The third-order valence-corrected chi connectivity index (χ3v) is 4.67. The zero-order chi connectivity index (χ0) is 16.9. The first kappa shape index (κ1) is 16.6. The van der Waals surface area contributed by atoms with E-state index < -0.39 is 0 Å². The molecule has 3 rings (SSSR count). The average Bonchev–Trinajstić information content (AvgIpc) is 3.24. The highest BCUT2D eigenvalue weighted by Gasteiger charge is 2.25. The molecule has 7 nitrogen and oxygen atoms in total. The van der Waals surface area contributed by atoms with Crippen molar-refractivity contribution in [2.75, 3.05) is 6.54 Å². The lowest BCUT2D eigenvalue weighted by molar-refractivity contribution is -0.121. The minimum atomic E-state index is -0.144. The number of aryl methyl sites for hydroxylation is 2. The van der Waals surface area contributed by atoms with Crippen LogP contribution in [0.5, 0.6) is 0 Å². The van der Waals surface area contributed by atoms with Crippen molar-refractivity contribution < 1.29 is 9.59 Å². The molecule has 2 aromatic heterocycles. The van der Waals surface area contributed by atoms with Gasteiger partial charge in [-0.05, 0) is 24.3 Å². The van der Waals surface area contributed by atoms with Crippen molar-refractivity contribution in [2.45, 2.75) is 45.2 Å². The number of carbonyl (C=O) groups excluding carboxylic acids is 2. The predicted molar refractivity (Wildman–Crippen MR) is 90.8 cm³/mol. The number of carbonyl (C=O) groups is 2. The molecule has 0 saturated heterocycles. The van der Waals surface area contributed by atoms with Gasteiger partial charge < -0.3 is 10.6 Å².